The van der Waals surface area contributed by atoms with Crippen molar-refractivity contribution in [3.05, 3.63) is 40.9 Å². The maximum atomic E-state index is 13.0. The van der Waals surface area contributed by atoms with Crippen molar-refractivity contribution in [2.75, 3.05) is 0 Å². The maximum absolute atomic E-state index is 13.0. The lowest BCUT2D eigenvalue weighted by Gasteiger charge is -2.51. The van der Waals surface area contributed by atoms with Crippen LogP contribution in [0.15, 0.2) is 30.4 Å². The molecule has 100 valence electrons. The number of ketones is 1. The van der Waals surface area contributed by atoms with E-state index in [1.807, 2.05) is 6.08 Å². The fourth-order valence-corrected chi connectivity index (χ4v) is 4.01. The van der Waals surface area contributed by atoms with Crippen LogP contribution in [-0.4, -0.2) is 11.9 Å². The van der Waals surface area contributed by atoms with E-state index < -0.39 is 5.41 Å². The second kappa shape index (κ2) is 3.86. The molecular formula is C16H12ClNO2. The average molecular weight is 286 g/mol. The van der Waals surface area contributed by atoms with E-state index in [1.54, 1.807) is 18.2 Å². The Kier molecular flexibility index (Phi) is 2.32. The van der Waals surface area contributed by atoms with Crippen molar-refractivity contribution in [1.29, 1.82) is 5.26 Å². The molecule has 20 heavy (non-hydrogen) atoms. The van der Waals surface area contributed by atoms with Gasteiger partial charge in [0.1, 0.15) is 11.9 Å². The van der Waals surface area contributed by atoms with Crippen molar-refractivity contribution < 1.29 is 9.53 Å². The molecule has 3 aliphatic carbocycles. The van der Waals surface area contributed by atoms with Gasteiger partial charge in [0.2, 0.25) is 0 Å². The number of rotatable bonds is 0. The van der Waals surface area contributed by atoms with E-state index in [0.717, 1.165) is 12.8 Å². The third-order valence-electron chi connectivity index (χ3n) is 4.83. The zero-order chi connectivity index (χ0) is 13.9. The summed E-state index contributed by atoms with van der Waals surface area (Å²) in [6, 6.07) is 7.34. The first kappa shape index (κ1) is 12.0. The molecule has 4 atom stereocenters. The predicted molar refractivity (Wildman–Crippen MR) is 73.6 cm³/mol. The summed E-state index contributed by atoms with van der Waals surface area (Å²) >= 11 is 5.98. The third-order valence-corrected chi connectivity index (χ3v) is 5.06. The Morgan fingerprint density at radius 1 is 1.35 bits per heavy atom. The summed E-state index contributed by atoms with van der Waals surface area (Å²) in [6.45, 7) is 0. The van der Waals surface area contributed by atoms with Gasteiger partial charge >= 0.3 is 0 Å². The van der Waals surface area contributed by atoms with Gasteiger partial charge in [-0.25, -0.2) is 0 Å². The molecule has 1 saturated carbocycles. The molecule has 0 unspecified atom stereocenters. The smallest absolute Gasteiger partial charge is 0.191 e. The fourth-order valence-electron chi connectivity index (χ4n) is 3.84. The first-order chi connectivity index (χ1) is 9.66. The number of allylic oxidation sites excluding steroid dienone is 1. The number of carbonyl (C=O) groups excluding carboxylic acids is 1. The minimum Gasteiger partial charge on any atom is -0.487 e. The number of ether oxygens (including phenoxy) is 1. The second-order valence-corrected chi connectivity index (χ2v) is 6.16. The molecule has 5 rings (SSSR count). The Bertz CT molecular complexity index is 690. The highest BCUT2D eigenvalue weighted by molar-refractivity contribution is 6.31. The molecule has 3 nitrogen and oxygen atoms in total. The zero-order valence-electron chi connectivity index (χ0n) is 10.7. The second-order valence-electron chi connectivity index (χ2n) is 5.72. The number of fused-ring (bicyclic) bond motifs is 2. The monoisotopic (exact) mass is 285 g/mol. The Balaban J connectivity index is 1.95. The minimum atomic E-state index is -1.07. The van der Waals surface area contributed by atoms with Crippen LogP contribution in [0.25, 0.3) is 0 Å². The quantitative estimate of drug-likeness (QED) is 0.687. The Hall–Kier alpha value is -1.79. The average Bonchev–Trinajstić information content (AvgIpc) is 2.49. The van der Waals surface area contributed by atoms with Crippen LogP contribution in [0, 0.1) is 28.6 Å². The van der Waals surface area contributed by atoms with Crippen molar-refractivity contribution in [3.63, 3.8) is 0 Å². The number of benzene rings is 1. The van der Waals surface area contributed by atoms with Crippen LogP contribution in [0.4, 0.5) is 0 Å². The number of hydrogen-bond donors (Lipinski definition) is 0. The van der Waals surface area contributed by atoms with Gasteiger partial charge in [0.05, 0.1) is 11.6 Å². The molecule has 0 N–H and O–H groups in total. The molecule has 0 amide bonds. The fraction of sp³-hybridized carbons (Fsp3) is 0.375. The molecule has 1 aromatic rings. The Labute approximate surface area is 121 Å². The first-order valence-electron chi connectivity index (χ1n) is 6.77. The summed E-state index contributed by atoms with van der Waals surface area (Å²) in [7, 11) is 0. The number of nitrogens with zero attached hydrogens (tertiary/aromatic N) is 1. The molecule has 2 bridgehead atoms. The highest BCUT2D eigenvalue weighted by Crippen LogP contribution is 2.55. The summed E-state index contributed by atoms with van der Waals surface area (Å²) in [6.07, 6.45) is 5.60. The van der Waals surface area contributed by atoms with E-state index in [0.29, 0.717) is 16.3 Å². The van der Waals surface area contributed by atoms with Gasteiger partial charge in [0, 0.05) is 16.9 Å². The lowest BCUT2D eigenvalue weighted by atomic mass is 9.54. The van der Waals surface area contributed by atoms with Crippen molar-refractivity contribution in [1.82, 2.24) is 0 Å². The van der Waals surface area contributed by atoms with Gasteiger partial charge in [-0.2, -0.15) is 5.26 Å². The van der Waals surface area contributed by atoms with Crippen LogP contribution in [0.3, 0.4) is 0 Å². The van der Waals surface area contributed by atoms with Crippen molar-refractivity contribution in [2.45, 2.75) is 18.9 Å². The molecule has 0 aromatic heterocycles. The summed E-state index contributed by atoms with van der Waals surface area (Å²) in [5.74, 6) is 0.513. The summed E-state index contributed by atoms with van der Waals surface area (Å²) in [5, 5.41) is 10.2. The number of carbonyl (C=O) groups is 1. The standard InChI is InChI=1S/C16H12ClNO2/c17-11-5-6-13-12(7-11)14(19)16(8-18)10-3-1-9(2-4-10)15(16)20-13/h1,3,5-7,9-10,15H,2,4H2/t9-,10+,15-,16-/m0/s1. The van der Waals surface area contributed by atoms with Gasteiger partial charge < -0.3 is 4.74 Å². The number of hydrogen-bond acceptors (Lipinski definition) is 3. The molecule has 1 heterocycles. The van der Waals surface area contributed by atoms with Crippen LogP contribution in [-0.2, 0) is 0 Å². The van der Waals surface area contributed by atoms with Crippen LogP contribution < -0.4 is 4.74 Å². The highest BCUT2D eigenvalue weighted by atomic mass is 35.5. The molecule has 4 aliphatic rings. The normalized spacial score (nSPS) is 36.8. The largest absolute Gasteiger partial charge is 0.487 e. The number of nitriles is 1. The van der Waals surface area contributed by atoms with E-state index in [1.165, 1.54) is 0 Å². The van der Waals surface area contributed by atoms with E-state index in [-0.39, 0.29) is 23.7 Å². The van der Waals surface area contributed by atoms with Crippen LogP contribution in [0.1, 0.15) is 23.2 Å². The van der Waals surface area contributed by atoms with E-state index in [2.05, 4.69) is 12.1 Å². The van der Waals surface area contributed by atoms with Gasteiger partial charge in [0.15, 0.2) is 11.2 Å². The molecular weight excluding hydrogens is 274 g/mol. The van der Waals surface area contributed by atoms with Gasteiger partial charge in [-0.05, 0) is 31.0 Å². The van der Waals surface area contributed by atoms with Gasteiger partial charge in [-0.15, -0.1) is 0 Å². The molecule has 1 aromatic carbocycles. The number of Topliss-reactive ketones (excluding diaryl/α,β-unsaturated/α-hetero) is 1. The zero-order valence-corrected chi connectivity index (χ0v) is 11.4. The summed E-state index contributed by atoms with van der Waals surface area (Å²) in [5.41, 5.74) is -0.633. The third kappa shape index (κ3) is 1.28. The Morgan fingerprint density at radius 2 is 2.20 bits per heavy atom. The van der Waals surface area contributed by atoms with Crippen LogP contribution in [0.2, 0.25) is 5.02 Å². The Morgan fingerprint density at radius 3 is 2.90 bits per heavy atom. The topological polar surface area (TPSA) is 50.1 Å². The lowest BCUT2D eigenvalue weighted by molar-refractivity contribution is -0.0177. The van der Waals surface area contributed by atoms with Crippen LogP contribution >= 0.6 is 11.6 Å². The highest BCUT2D eigenvalue weighted by Gasteiger charge is 2.62. The molecule has 1 fully saturated rings. The van der Waals surface area contributed by atoms with E-state index in [4.69, 9.17) is 16.3 Å². The minimum absolute atomic E-state index is 0.0536. The lowest BCUT2D eigenvalue weighted by Crippen LogP contribution is -2.59. The van der Waals surface area contributed by atoms with Gasteiger partial charge in [-0.3, -0.25) is 4.79 Å². The first-order valence-corrected chi connectivity index (χ1v) is 7.15. The molecule has 0 radical (unpaired) electrons. The van der Waals surface area contributed by atoms with Crippen molar-refractivity contribution in [2.24, 2.45) is 17.3 Å². The van der Waals surface area contributed by atoms with E-state index >= 15 is 0 Å². The SMILES string of the molecule is N#C[C@]12C(=O)c3cc(Cl)ccc3O[C@H]1[C@H]1C=C[C@@H]2CC1. The van der Waals surface area contributed by atoms with E-state index in [9.17, 15) is 10.1 Å². The molecule has 1 aliphatic heterocycles. The number of halogens is 1. The van der Waals surface area contributed by atoms with Gasteiger partial charge in [-0.1, -0.05) is 23.8 Å². The molecule has 4 heteroatoms. The molecule has 0 saturated heterocycles. The summed E-state index contributed by atoms with van der Waals surface area (Å²) < 4.78 is 6.04. The van der Waals surface area contributed by atoms with Crippen molar-refractivity contribution in [3.8, 4) is 11.8 Å². The summed E-state index contributed by atoms with van der Waals surface area (Å²) in [4.78, 5) is 13.0. The maximum Gasteiger partial charge on any atom is 0.191 e. The van der Waals surface area contributed by atoms with Gasteiger partial charge in [0.25, 0.3) is 0 Å². The predicted octanol–water partition coefficient (Wildman–Crippen LogP) is 3.39. The van der Waals surface area contributed by atoms with Crippen molar-refractivity contribution >= 4 is 17.4 Å². The molecule has 0 spiro atoms. The van der Waals surface area contributed by atoms with Crippen LogP contribution in [0.5, 0.6) is 5.75 Å².